The van der Waals surface area contributed by atoms with Gasteiger partial charge >= 0.3 is 0 Å². The van der Waals surface area contributed by atoms with Gasteiger partial charge in [-0.2, -0.15) is 0 Å². The van der Waals surface area contributed by atoms with Crippen molar-refractivity contribution in [1.29, 1.82) is 0 Å². The van der Waals surface area contributed by atoms with Crippen LogP contribution in [-0.2, 0) is 10.0 Å². The Morgan fingerprint density at radius 2 is 2.05 bits per heavy atom. The van der Waals surface area contributed by atoms with Crippen molar-refractivity contribution in [1.82, 2.24) is 10.1 Å². The Balaban J connectivity index is 2.17. The van der Waals surface area contributed by atoms with Crippen LogP contribution in [-0.4, -0.2) is 25.1 Å². The second kappa shape index (κ2) is 6.13. The molecule has 0 aliphatic carbocycles. The van der Waals surface area contributed by atoms with Crippen molar-refractivity contribution in [2.24, 2.45) is 0 Å². The minimum Gasteiger partial charge on any atom is -0.370 e. The summed E-state index contributed by atoms with van der Waals surface area (Å²) in [7, 11) is -3.73. The predicted octanol–water partition coefficient (Wildman–Crippen LogP) is 2.31. The topological polar surface area (TPSA) is 97.1 Å². The van der Waals surface area contributed by atoms with Crippen LogP contribution in [0.25, 0.3) is 0 Å². The fourth-order valence-corrected chi connectivity index (χ4v) is 3.25. The summed E-state index contributed by atoms with van der Waals surface area (Å²) in [5, 5.41) is 6.77. The quantitative estimate of drug-likeness (QED) is 0.849. The van der Waals surface area contributed by atoms with E-state index in [1.165, 1.54) is 6.20 Å². The maximum absolute atomic E-state index is 12.3. The minimum absolute atomic E-state index is 0.0654. The van der Waals surface area contributed by atoms with Gasteiger partial charge < -0.3 is 9.84 Å². The number of nitrogens with one attached hydrogen (secondary N) is 2. The number of hydrogen-bond donors (Lipinski definition) is 2. The highest BCUT2D eigenvalue weighted by molar-refractivity contribution is 7.92. The Bertz CT molecular complexity index is 688. The summed E-state index contributed by atoms with van der Waals surface area (Å²) in [6.07, 6.45) is 2.45. The number of sulfonamides is 1. The number of pyridine rings is 1. The number of aryl methyl sites for hydroxylation is 2. The molecule has 8 heteroatoms. The largest absolute Gasteiger partial charge is 0.370 e. The van der Waals surface area contributed by atoms with E-state index < -0.39 is 10.0 Å². The number of rotatable bonds is 6. The first-order valence-corrected chi connectivity index (χ1v) is 8.08. The molecular formula is C13H18N4O3S. The van der Waals surface area contributed by atoms with E-state index in [0.717, 1.165) is 13.0 Å². The van der Waals surface area contributed by atoms with Gasteiger partial charge in [0, 0.05) is 6.54 Å². The molecule has 2 heterocycles. The second-order valence-corrected chi connectivity index (χ2v) is 6.24. The molecule has 2 aromatic heterocycles. The molecule has 0 aromatic carbocycles. The fourth-order valence-electron chi connectivity index (χ4n) is 1.88. The first kappa shape index (κ1) is 15.3. The average molecular weight is 310 g/mol. The molecule has 2 rings (SSSR count). The van der Waals surface area contributed by atoms with Crippen LogP contribution in [0.4, 0.5) is 11.5 Å². The minimum atomic E-state index is -3.73. The number of hydrogen-bond acceptors (Lipinski definition) is 6. The van der Waals surface area contributed by atoms with Gasteiger partial charge in [0.2, 0.25) is 0 Å². The third kappa shape index (κ3) is 3.52. The molecule has 0 saturated carbocycles. The standard InChI is InChI=1S/C13H18N4O3S/c1-4-7-14-12-6-5-11(8-15-12)17-21(18,19)13-9(2)16-20-10(13)3/h5-6,8,17H,4,7H2,1-3H3,(H,14,15). The molecule has 2 N–H and O–H groups in total. The van der Waals surface area contributed by atoms with E-state index in [9.17, 15) is 8.42 Å². The third-order valence-corrected chi connectivity index (χ3v) is 4.43. The SMILES string of the molecule is CCCNc1ccc(NS(=O)(=O)c2c(C)noc2C)cn1. The van der Waals surface area contributed by atoms with Crippen LogP contribution < -0.4 is 10.0 Å². The Kier molecular flexibility index (Phi) is 4.46. The third-order valence-electron chi connectivity index (χ3n) is 2.81. The Labute approximate surface area is 123 Å². The van der Waals surface area contributed by atoms with Gasteiger partial charge in [-0.25, -0.2) is 13.4 Å². The number of aromatic nitrogens is 2. The van der Waals surface area contributed by atoms with Gasteiger partial charge in [0.1, 0.15) is 11.5 Å². The molecule has 7 nitrogen and oxygen atoms in total. The van der Waals surface area contributed by atoms with Crippen molar-refractivity contribution in [3.63, 3.8) is 0 Å². The zero-order valence-electron chi connectivity index (χ0n) is 12.2. The zero-order chi connectivity index (χ0) is 15.5. The first-order valence-electron chi connectivity index (χ1n) is 6.59. The molecule has 2 aromatic rings. The molecule has 0 unspecified atom stereocenters. The molecular weight excluding hydrogens is 292 g/mol. The number of anilines is 2. The summed E-state index contributed by atoms with van der Waals surface area (Å²) in [5.41, 5.74) is 0.714. The molecule has 114 valence electrons. The van der Waals surface area contributed by atoms with Gasteiger partial charge in [0.25, 0.3) is 10.0 Å². The molecule has 0 radical (unpaired) electrons. The molecule has 0 bridgehead atoms. The molecule has 21 heavy (non-hydrogen) atoms. The van der Waals surface area contributed by atoms with Gasteiger partial charge in [-0.1, -0.05) is 12.1 Å². The molecule has 0 spiro atoms. The maximum Gasteiger partial charge on any atom is 0.267 e. The smallest absolute Gasteiger partial charge is 0.267 e. The summed E-state index contributed by atoms with van der Waals surface area (Å²) in [5.74, 6) is 0.964. The van der Waals surface area contributed by atoms with Crippen molar-refractivity contribution in [2.45, 2.75) is 32.1 Å². The van der Waals surface area contributed by atoms with Crippen LogP contribution in [0.2, 0.25) is 0 Å². The van der Waals surface area contributed by atoms with Crippen molar-refractivity contribution >= 4 is 21.5 Å². The second-order valence-electron chi connectivity index (χ2n) is 4.62. The van der Waals surface area contributed by atoms with E-state index in [2.05, 4.69) is 27.1 Å². The molecule has 0 saturated heterocycles. The van der Waals surface area contributed by atoms with Crippen LogP contribution in [0.15, 0.2) is 27.7 Å². The summed E-state index contributed by atoms with van der Waals surface area (Å²) in [4.78, 5) is 4.21. The van der Waals surface area contributed by atoms with Gasteiger partial charge in [-0.3, -0.25) is 4.72 Å². The highest BCUT2D eigenvalue weighted by Gasteiger charge is 2.24. The van der Waals surface area contributed by atoms with E-state index in [0.29, 0.717) is 17.2 Å². The van der Waals surface area contributed by atoms with Crippen LogP contribution in [0.3, 0.4) is 0 Å². The van der Waals surface area contributed by atoms with Crippen LogP contribution >= 0.6 is 0 Å². The molecule has 0 aliphatic heterocycles. The van der Waals surface area contributed by atoms with E-state index in [-0.39, 0.29) is 10.7 Å². The molecule has 0 fully saturated rings. The lowest BCUT2D eigenvalue weighted by atomic mass is 10.4. The lowest BCUT2D eigenvalue weighted by molar-refractivity contribution is 0.390. The van der Waals surface area contributed by atoms with Crippen LogP contribution in [0.1, 0.15) is 24.8 Å². The van der Waals surface area contributed by atoms with Crippen molar-refractivity contribution in [3.8, 4) is 0 Å². The summed E-state index contributed by atoms with van der Waals surface area (Å²) in [6, 6.07) is 3.38. The van der Waals surface area contributed by atoms with E-state index in [1.54, 1.807) is 26.0 Å². The lowest BCUT2D eigenvalue weighted by Gasteiger charge is -2.08. The fraction of sp³-hybridized carbons (Fsp3) is 0.385. The van der Waals surface area contributed by atoms with Crippen molar-refractivity contribution in [3.05, 3.63) is 29.8 Å². The first-order chi connectivity index (χ1) is 9.94. The van der Waals surface area contributed by atoms with E-state index in [1.807, 2.05) is 0 Å². The Hall–Kier alpha value is -2.09. The Morgan fingerprint density at radius 1 is 1.29 bits per heavy atom. The monoisotopic (exact) mass is 310 g/mol. The average Bonchev–Trinajstić information content (AvgIpc) is 2.77. The number of nitrogens with zero attached hydrogens (tertiary/aromatic N) is 2. The zero-order valence-corrected chi connectivity index (χ0v) is 13.0. The normalized spacial score (nSPS) is 11.4. The van der Waals surface area contributed by atoms with E-state index in [4.69, 9.17) is 4.52 Å². The lowest BCUT2D eigenvalue weighted by Crippen LogP contribution is -2.14. The molecule has 0 atom stereocenters. The molecule has 0 aliphatic rings. The molecule has 0 amide bonds. The van der Waals surface area contributed by atoms with Crippen LogP contribution in [0.5, 0.6) is 0 Å². The maximum atomic E-state index is 12.3. The highest BCUT2D eigenvalue weighted by Crippen LogP contribution is 2.22. The summed E-state index contributed by atoms with van der Waals surface area (Å²) in [6.45, 7) is 6.02. The van der Waals surface area contributed by atoms with Gasteiger partial charge in [-0.05, 0) is 32.4 Å². The van der Waals surface area contributed by atoms with Crippen LogP contribution in [0, 0.1) is 13.8 Å². The van der Waals surface area contributed by atoms with Gasteiger partial charge in [0.05, 0.1) is 11.9 Å². The van der Waals surface area contributed by atoms with Gasteiger partial charge in [-0.15, -0.1) is 0 Å². The predicted molar refractivity (Wildman–Crippen MR) is 79.8 cm³/mol. The van der Waals surface area contributed by atoms with Crippen molar-refractivity contribution < 1.29 is 12.9 Å². The van der Waals surface area contributed by atoms with E-state index >= 15 is 0 Å². The highest BCUT2D eigenvalue weighted by atomic mass is 32.2. The summed E-state index contributed by atoms with van der Waals surface area (Å²) >= 11 is 0. The van der Waals surface area contributed by atoms with Gasteiger partial charge in [0.15, 0.2) is 10.7 Å². The van der Waals surface area contributed by atoms with Crippen molar-refractivity contribution in [2.75, 3.05) is 16.6 Å². The summed E-state index contributed by atoms with van der Waals surface area (Å²) < 4.78 is 32.0. The Morgan fingerprint density at radius 3 is 2.57 bits per heavy atom.